The molecule has 1 aliphatic rings. The number of rotatable bonds is 5. The number of hydrogen-bond acceptors (Lipinski definition) is 3. The first-order valence-corrected chi connectivity index (χ1v) is 9.58. The molecule has 1 aliphatic carbocycles. The number of pyridine rings is 1. The van der Waals surface area contributed by atoms with Gasteiger partial charge in [0.15, 0.2) is 0 Å². The fraction of sp³-hybridized carbons (Fsp3) is 0.167. The molecule has 0 saturated heterocycles. The van der Waals surface area contributed by atoms with Crippen LogP contribution < -0.4 is 5.43 Å². The van der Waals surface area contributed by atoms with Crippen LogP contribution in [0.3, 0.4) is 0 Å². The Kier molecular flexibility index (Phi) is 5.29. The van der Waals surface area contributed by atoms with Crippen LogP contribution in [0.1, 0.15) is 21.8 Å². The average molecular weight is 423 g/mol. The fourth-order valence-electron chi connectivity index (χ4n) is 3.85. The molecule has 0 radical (unpaired) electrons. The van der Waals surface area contributed by atoms with Crippen molar-refractivity contribution in [2.45, 2.75) is 18.1 Å². The summed E-state index contributed by atoms with van der Waals surface area (Å²) in [6.07, 6.45) is 8.48. The number of ether oxygens (including phenoxy) is 1. The van der Waals surface area contributed by atoms with E-state index in [-0.39, 0.29) is 18.0 Å². The van der Waals surface area contributed by atoms with E-state index in [4.69, 9.17) is 4.74 Å². The van der Waals surface area contributed by atoms with Crippen LogP contribution in [0.4, 0.5) is 8.78 Å². The highest BCUT2D eigenvalue weighted by Gasteiger charge is 2.30. The van der Waals surface area contributed by atoms with Gasteiger partial charge in [-0.1, -0.05) is 54.6 Å². The average Bonchev–Trinajstić information content (AvgIpc) is 2.78. The fourth-order valence-corrected chi connectivity index (χ4v) is 3.85. The maximum atomic E-state index is 14.7. The topological polar surface area (TPSA) is 68.5 Å². The number of carboxylic acid groups (broad SMARTS) is 1. The van der Waals surface area contributed by atoms with Crippen LogP contribution in [-0.2, 0) is 11.3 Å². The van der Waals surface area contributed by atoms with Gasteiger partial charge in [-0.25, -0.2) is 13.6 Å². The minimum atomic E-state index is -1.52. The molecule has 4 rings (SSSR count). The number of hydrogen-bond donors (Lipinski definition) is 1. The Balaban J connectivity index is 1.82. The van der Waals surface area contributed by atoms with Crippen LogP contribution in [0.5, 0.6) is 0 Å². The zero-order valence-corrected chi connectivity index (χ0v) is 16.6. The lowest BCUT2D eigenvalue weighted by atomic mass is 9.88. The molecule has 0 amide bonds. The monoisotopic (exact) mass is 423 g/mol. The summed E-state index contributed by atoms with van der Waals surface area (Å²) in [5.74, 6) is -3.32. The van der Waals surface area contributed by atoms with Gasteiger partial charge in [0.2, 0.25) is 5.43 Å². The van der Waals surface area contributed by atoms with E-state index in [1.807, 2.05) is 42.5 Å². The van der Waals surface area contributed by atoms with E-state index < -0.39 is 39.6 Å². The van der Waals surface area contributed by atoms with Crippen LogP contribution in [0.2, 0.25) is 0 Å². The molecule has 7 heteroatoms. The lowest BCUT2D eigenvalue weighted by Gasteiger charge is -2.31. The van der Waals surface area contributed by atoms with Gasteiger partial charge in [0.1, 0.15) is 22.8 Å². The quantitative estimate of drug-likeness (QED) is 0.623. The Bertz CT molecular complexity index is 1260. The lowest BCUT2D eigenvalue weighted by Crippen LogP contribution is -2.35. The molecule has 158 valence electrons. The molecule has 5 nitrogen and oxygen atoms in total. The van der Waals surface area contributed by atoms with Gasteiger partial charge in [-0.05, 0) is 17.7 Å². The SMILES string of the molecule is COC1(Cn2cc(C(=O)O)c(=O)c3c(F)ccc(F)c32)C=CC(c2ccccc2)C=C1. The molecule has 2 aromatic carbocycles. The Morgan fingerprint density at radius 1 is 1.10 bits per heavy atom. The van der Waals surface area contributed by atoms with Crippen molar-refractivity contribution in [1.29, 1.82) is 0 Å². The van der Waals surface area contributed by atoms with Crippen LogP contribution >= 0.6 is 0 Å². The number of nitrogens with zero attached hydrogens (tertiary/aromatic N) is 1. The van der Waals surface area contributed by atoms with Gasteiger partial charge in [-0.15, -0.1) is 0 Å². The molecule has 3 aromatic rings. The predicted molar refractivity (Wildman–Crippen MR) is 112 cm³/mol. The number of carboxylic acids is 1. The summed E-state index contributed by atoms with van der Waals surface area (Å²) in [4.78, 5) is 24.0. The normalized spacial score (nSPS) is 20.3. The first-order valence-electron chi connectivity index (χ1n) is 9.58. The number of aromatic nitrogens is 1. The summed E-state index contributed by atoms with van der Waals surface area (Å²) in [5, 5.41) is 8.81. The van der Waals surface area contributed by atoms with Crippen molar-refractivity contribution < 1.29 is 23.4 Å². The summed E-state index contributed by atoms with van der Waals surface area (Å²) < 4.78 is 36.0. The predicted octanol–water partition coefficient (Wildman–Crippen LogP) is 4.27. The Hall–Kier alpha value is -3.58. The van der Waals surface area contributed by atoms with Gasteiger partial charge < -0.3 is 14.4 Å². The first-order chi connectivity index (χ1) is 14.8. The standard InChI is InChI=1S/C24H19F2NO4/c1-31-24(11-9-16(10-12-24)15-5-3-2-4-6-15)14-27-13-17(23(29)30)22(28)20-18(25)7-8-19(26)21(20)27/h2-13,16H,14H2,1H3,(H,29,30). The molecule has 0 unspecified atom stereocenters. The van der Waals surface area contributed by atoms with Crippen LogP contribution in [0, 0.1) is 11.6 Å². The van der Waals surface area contributed by atoms with Gasteiger partial charge in [-0.2, -0.15) is 0 Å². The molecule has 1 N–H and O–H groups in total. The summed E-state index contributed by atoms with van der Waals surface area (Å²) >= 11 is 0. The zero-order valence-electron chi connectivity index (χ0n) is 16.6. The maximum absolute atomic E-state index is 14.7. The highest BCUT2D eigenvalue weighted by molar-refractivity contribution is 5.92. The second-order valence-electron chi connectivity index (χ2n) is 7.37. The summed E-state index contributed by atoms with van der Waals surface area (Å²) in [6.45, 7) is -0.0601. The third kappa shape index (κ3) is 3.68. The van der Waals surface area contributed by atoms with E-state index in [0.29, 0.717) is 0 Å². The highest BCUT2D eigenvalue weighted by atomic mass is 19.1. The van der Waals surface area contributed by atoms with Crippen molar-refractivity contribution in [3.8, 4) is 0 Å². The third-order valence-electron chi connectivity index (χ3n) is 5.51. The number of aromatic carboxylic acids is 1. The molecule has 0 atom stereocenters. The Labute approximate surface area is 176 Å². The number of methoxy groups -OCH3 is 1. The zero-order chi connectivity index (χ0) is 22.2. The number of benzene rings is 2. The minimum absolute atomic E-state index is 0.0130. The van der Waals surface area contributed by atoms with Crippen LogP contribution in [0.15, 0.2) is 77.8 Å². The minimum Gasteiger partial charge on any atom is -0.477 e. The Morgan fingerprint density at radius 2 is 1.74 bits per heavy atom. The number of fused-ring (bicyclic) bond motifs is 1. The second kappa shape index (κ2) is 7.92. The molecule has 1 heterocycles. The molecule has 0 spiro atoms. The molecular formula is C24H19F2NO4. The summed E-state index contributed by atoms with van der Waals surface area (Å²) in [5.41, 5.74) is -1.98. The molecular weight excluding hydrogens is 404 g/mol. The van der Waals surface area contributed by atoms with Crippen molar-refractivity contribution in [2.24, 2.45) is 0 Å². The van der Waals surface area contributed by atoms with Gasteiger partial charge in [-0.3, -0.25) is 4.79 Å². The number of halogens is 2. The van der Waals surface area contributed by atoms with Gasteiger partial charge in [0.25, 0.3) is 0 Å². The van der Waals surface area contributed by atoms with Gasteiger partial charge in [0, 0.05) is 19.2 Å². The summed E-state index contributed by atoms with van der Waals surface area (Å²) in [7, 11) is 1.47. The van der Waals surface area contributed by atoms with Crippen molar-refractivity contribution in [2.75, 3.05) is 7.11 Å². The Morgan fingerprint density at radius 3 is 2.35 bits per heavy atom. The molecule has 31 heavy (non-hydrogen) atoms. The lowest BCUT2D eigenvalue weighted by molar-refractivity contribution is 0.0576. The van der Waals surface area contributed by atoms with E-state index in [0.717, 1.165) is 23.9 Å². The molecule has 1 aromatic heterocycles. The van der Waals surface area contributed by atoms with E-state index >= 15 is 0 Å². The number of allylic oxidation sites excluding steroid dienone is 2. The van der Waals surface area contributed by atoms with Gasteiger partial charge in [0.05, 0.1) is 17.4 Å². The maximum Gasteiger partial charge on any atom is 0.341 e. The van der Waals surface area contributed by atoms with Crippen LogP contribution in [-0.4, -0.2) is 28.4 Å². The van der Waals surface area contributed by atoms with Crippen LogP contribution in [0.25, 0.3) is 10.9 Å². The molecule has 0 aliphatic heterocycles. The van der Waals surface area contributed by atoms with Gasteiger partial charge >= 0.3 is 5.97 Å². The number of carbonyl (C=O) groups is 1. The van der Waals surface area contributed by atoms with E-state index in [1.165, 1.54) is 11.7 Å². The van der Waals surface area contributed by atoms with E-state index in [1.54, 1.807) is 12.2 Å². The van der Waals surface area contributed by atoms with Crippen molar-refractivity contribution in [3.63, 3.8) is 0 Å². The van der Waals surface area contributed by atoms with Crippen molar-refractivity contribution in [1.82, 2.24) is 4.57 Å². The highest BCUT2D eigenvalue weighted by Crippen LogP contribution is 2.31. The van der Waals surface area contributed by atoms with E-state index in [9.17, 15) is 23.5 Å². The third-order valence-corrected chi connectivity index (χ3v) is 5.51. The smallest absolute Gasteiger partial charge is 0.341 e. The largest absolute Gasteiger partial charge is 0.477 e. The van der Waals surface area contributed by atoms with Crippen molar-refractivity contribution >= 4 is 16.9 Å². The summed E-state index contributed by atoms with van der Waals surface area (Å²) in [6, 6.07) is 11.5. The second-order valence-corrected chi connectivity index (χ2v) is 7.37. The van der Waals surface area contributed by atoms with E-state index in [2.05, 4.69) is 0 Å². The molecule has 0 saturated carbocycles. The van der Waals surface area contributed by atoms with Crippen molar-refractivity contribution in [3.05, 3.63) is 106 Å². The molecule has 0 bridgehead atoms. The first kappa shape index (κ1) is 20.7. The molecule has 0 fully saturated rings.